The number of amides is 1. The third-order valence-corrected chi connectivity index (χ3v) is 3.68. The smallest absolute Gasteiger partial charge is 0.254 e. The Morgan fingerprint density at radius 3 is 2.94 bits per heavy atom. The largest absolute Gasteiger partial charge is 0.352 e. The van der Waals surface area contributed by atoms with Gasteiger partial charge in [0.2, 0.25) is 0 Å². The normalized spacial score (nSPS) is 23.9. The SMILES string of the molecule is Cc1nn(C)cc1C(=O)NCC1CCC(Cl)C1. The average molecular weight is 256 g/mol. The number of aromatic nitrogens is 2. The van der Waals surface area contributed by atoms with Gasteiger partial charge in [-0.15, -0.1) is 11.6 Å². The minimum Gasteiger partial charge on any atom is -0.352 e. The van der Waals surface area contributed by atoms with Crippen LogP contribution in [0.2, 0.25) is 0 Å². The average Bonchev–Trinajstić information content (AvgIpc) is 2.81. The molecule has 0 spiro atoms. The number of aryl methyl sites for hydroxylation is 2. The van der Waals surface area contributed by atoms with Crippen molar-refractivity contribution in [3.8, 4) is 0 Å². The van der Waals surface area contributed by atoms with Crippen molar-refractivity contribution in [1.82, 2.24) is 15.1 Å². The summed E-state index contributed by atoms with van der Waals surface area (Å²) in [5.74, 6) is 0.493. The zero-order chi connectivity index (χ0) is 12.4. The van der Waals surface area contributed by atoms with E-state index >= 15 is 0 Å². The zero-order valence-corrected chi connectivity index (χ0v) is 11.0. The van der Waals surface area contributed by atoms with E-state index in [1.165, 1.54) is 0 Å². The molecule has 94 valence electrons. The van der Waals surface area contributed by atoms with Gasteiger partial charge in [-0.2, -0.15) is 5.10 Å². The van der Waals surface area contributed by atoms with Gasteiger partial charge in [0, 0.05) is 25.2 Å². The van der Waals surface area contributed by atoms with Gasteiger partial charge in [0.25, 0.3) is 5.91 Å². The molecule has 17 heavy (non-hydrogen) atoms. The monoisotopic (exact) mass is 255 g/mol. The van der Waals surface area contributed by atoms with E-state index in [9.17, 15) is 4.79 Å². The Morgan fingerprint density at radius 2 is 2.41 bits per heavy atom. The Labute approximate surface area is 106 Å². The first-order valence-electron chi connectivity index (χ1n) is 5.98. The van der Waals surface area contributed by atoms with Crippen LogP contribution < -0.4 is 5.32 Å². The summed E-state index contributed by atoms with van der Waals surface area (Å²) in [4.78, 5) is 11.9. The molecule has 1 heterocycles. The summed E-state index contributed by atoms with van der Waals surface area (Å²) in [6, 6.07) is 0. The lowest BCUT2D eigenvalue weighted by Gasteiger charge is -2.10. The topological polar surface area (TPSA) is 46.9 Å². The van der Waals surface area contributed by atoms with Crippen molar-refractivity contribution in [2.75, 3.05) is 6.54 Å². The number of carbonyl (C=O) groups is 1. The second-order valence-corrected chi connectivity index (χ2v) is 5.41. The van der Waals surface area contributed by atoms with E-state index in [-0.39, 0.29) is 11.3 Å². The fraction of sp³-hybridized carbons (Fsp3) is 0.667. The highest BCUT2D eigenvalue weighted by molar-refractivity contribution is 6.20. The van der Waals surface area contributed by atoms with Crippen LogP contribution in [-0.2, 0) is 7.05 Å². The van der Waals surface area contributed by atoms with Gasteiger partial charge in [0.15, 0.2) is 0 Å². The second kappa shape index (κ2) is 5.08. The van der Waals surface area contributed by atoms with Crippen LogP contribution in [-0.4, -0.2) is 27.6 Å². The molecule has 1 amide bonds. The lowest BCUT2D eigenvalue weighted by molar-refractivity contribution is 0.0946. The highest BCUT2D eigenvalue weighted by Crippen LogP contribution is 2.28. The van der Waals surface area contributed by atoms with Gasteiger partial charge in [0.1, 0.15) is 0 Å². The van der Waals surface area contributed by atoms with Gasteiger partial charge in [-0.25, -0.2) is 0 Å². The molecular formula is C12H18ClN3O. The van der Waals surface area contributed by atoms with Crippen LogP contribution in [0.15, 0.2) is 6.20 Å². The maximum Gasteiger partial charge on any atom is 0.254 e. The summed E-state index contributed by atoms with van der Waals surface area (Å²) in [5, 5.41) is 7.41. The molecule has 1 aliphatic rings. The van der Waals surface area contributed by atoms with E-state index in [0.29, 0.717) is 11.5 Å². The van der Waals surface area contributed by atoms with Crippen LogP contribution in [0, 0.1) is 12.8 Å². The Hall–Kier alpha value is -1.03. The quantitative estimate of drug-likeness (QED) is 0.839. The summed E-state index contributed by atoms with van der Waals surface area (Å²) in [5.41, 5.74) is 1.43. The van der Waals surface area contributed by atoms with Crippen LogP contribution in [0.5, 0.6) is 0 Å². The van der Waals surface area contributed by atoms with E-state index in [2.05, 4.69) is 10.4 Å². The van der Waals surface area contributed by atoms with Crippen LogP contribution in [0.1, 0.15) is 35.3 Å². The number of nitrogens with one attached hydrogen (secondary N) is 1. The molecule has 2 rings (SSSR count). The first-order chi connectivity index (χ1) is 8.06. The fourth-order valence-electron chi connectivity index (χ4n) is 2.35. The Bertz CT molecular complexity index is 416. The summed E-state index contributed by atoms with van der Waals surface area (Å²) < 4.78 is 1.66. The summed E-state index contributed by atoms with van der Waals surface area (Å²) in [6.07, 6.45) is 4.94. The highest BCUT2D eigenvalue weighted by atomic mass is 35.5. The maximum absolute atomic E-state index is 11.9. The summed E-state index contributed by atoms with van der Waals surface area (Å²) >= 11 is 6.04. The predicted octanol–water partition coefficient (Wildman–Crippen LogP) is 1.87. The lowest BCUT2D eigenvalue weighted by atomic mass is 10.1. The number of hydrogen-bond donors (Lipinski definition) is 1. The number of alkyl halides is 1. The molecule has 1 N–H and O–H groups in total. The fourth-order valence-corrected chi connectivity index (χ4v) is 2.73. The number of halogens is 1. The van der Waals surface area contributed by atoms with Crippen molar-refractivity contribution < 1.29 is 4.79 Å². The van der Waals surface area contributed by atoms with E-state index in [1.807, 2.05) is 14.0 Å². The minimum atomic E-state index is -0.0337. The molecule has 1 aromatic rings. The van der Waals surface area contributed by atoms with Crippen molar-refractivity contribution in [2.24, 2.45) is 13.0 Å². The first kappa shape index (κ1) is 12.4. The molecule has 1 fully saturated rings. The second-order valence-electron chi connectivity index (χ2n) is 4.79. The van der Waals surface area contributed by atoms with Crippen LogP contribution in [0.4, 0.5) is 0 Å². The summed E-state index contributed by atoms with van der Waals surface area (Å²) in [6.45, 7) is 2.57. The predicted molar refractivity (Wildman–Crippen MR) is 67.3 cm³/mol. The van der Waals surface area contributed by atoms with Crippen molar-refractivity contribution in [1.29, 1.82) is 0 Å². The van der Waals surface area contributed by atoms with Crippen molar-refractivity contribution in [3.05, 3.63) is 17.5 Å². The molecule has 0 bridgehead atoms. The molecule has 0 radical (unpaired) electrons. The molecule has 1 aliphatic carbocycles. The third kappa shape index (κ3) is 3.00. The molecule has 5 heteroatoms. The number of carbonyl (C=O) groups excluding carboxylic acids is 1. The summed E-state index contributed by atoms with van der Waals surface area (Å²) in [7, 11) is 1.82. The maximum atomic E-state index is 11.9. The molecule has 0 aliphatic heterocycles. The van der Waals surface area contributed by atoms with Crippen LogP contribution >= 0.6 is 11.6 Å². The van der Waals surface area contributed by atoms with Gasteiger partial charge >= 0.3 is 0 Å². The van der Waals surface area contributed by atoms with Crippen LogP contribution in [0.3, 0.4) is 0 Å². The van der Waals surface area contributed by atoms with Gasteiger partial charge < -0.3 is 5.32 Å². The molecule has 4 nitrogen and oxygen atoms in total. The molecule has 0 saturated heterocycles. The third-order valence-electron chi connectivity index (χ3n) is 3.29. The van der Waals surface area contributed by atoms with Crippen molar-refractivity contribution in [3.63, 3.8) is 0 Å². The highest BCUT2D eigenvalue weighted by Gasteiger charge is 2.23. The Balaban J connectivity index is 1.87. The van der Waals surface area contributed by atoms with Gasteiger partial charge in [-0.3, -0.25) is 9.48 Å². The van der Waals surface area contributed by atoms with Gasteiger partial charge in [0.05, 0.1) is 11.3 Å². The van der Waals surface area contributed by atoms with Gasteiger partial charge in [-0.1, -0.05) is 0 Å². The molecule has 1 saturated carbocycles. The molecule has 2 unspecified atom stereocenters. The molecule has 2 atom stereocenters. The molecular weight excluding hydrogens is 238 g/mol. The number of rotatable bonds is 3. The first-order valence-corrected chi connectivity index (χ1v) is 6.42. The van der Waals surface area contributed by atoms with E-state index in [4.69, 9.17) is 11.6 Å². The minimum absolute atomic E-state index is 0.0337. The van der Waals surface area contributed by atoms with Crippen LogP contribution in [0.25, 0.3) is 0 Å². The Morgan fingerprint density at radius 1 is 1.65 bits per heavy atom. The molecule has 0 aromatic carbocycles. The van der Waals surface area contributed by atoms with Crippen molar-refractivity contribution >= 4 is 17.5 Å². The van der Waals surface area contributed by atoms with E-state index < -0.39 is 0 Å². The lowest BCUT2D eigenvalue weighted by Crippen LogP contribution is -2.28. The Kier molecular flexibility index (Phi) is 3.72. The van der Waals surface area contributed by atoms with Crippen molar-refractivity contribution in [2.45, 2.75) is 31.6 Å². The number of nitrogens with zero attached hydrogens (tertiary/aromatic N) is 2. The van der Waals surface area contributed by atoms with E-state index in [1.54, 1.807) is 10.9 Å². The van der Waals surface area contributed by atoms with Gasteiger partial charge in [-0.05, 0) is 32.1 Å². The molecule has 1 aromatic heterocycles. The standard InChI is InChI=1S/C12H18ClN3O/c1-8-11(7-16(2)15-8)12(17)14-6-9-3-4-10(13)5-9/h7,9-10H,3-6H2,1-2H3,(H,14,17). The zero-order valence-electron chi connectivity index (χ0n) is 10.2. The number of hydrogen-bond acceptors (Lipinski definition) is 2. The van der Waals surface area contributed by atoms with E-state index in [0.717, 1.165) is 31.5 Å².